The Morgan fingerprint density at radius 1 is 0.517 bits per heavy atom. The smallest absolute Gasteiger partial charge is 0.297 e. The fourth-order valence-corrected chi connectivity index (χ4v) is 9.55. The molecule has 27 heteroatoms. The van der Waals surface area contributed by atoms with Crippen LogP contribution in [0.25, 0.3) is 32.3 Å². The number of nitrogen functional groups attached to an aromatic ring is 1. The molecule has 0 aromatic heterocycles. The number of hydrogen-bond donors (Lipinski definition) is 8. The number of phenolic OH excluding ortho intramolecular Hbond substituents is 1. The van der Waals surface area contributed by atoms with Crippen LogP contribution in [-0.4, -0.2) is 70.0 Å². The van der Waals surface area contributed by atoms with Gasteiger partial charge in [0.15, 0.2) is 5.75 Å². The Morgan fingerprint density at radius 3 is 1.57 bits per heavy atom. The molecule has 6 aromatic rings. The first kappa shape index (κ1) is 42.0. The van der Waals surface area contributed by atoms with Crippen molar-refractivity contribution in [3.8, 4) is 5.75 Å². The van der Waals surface area contributed by atoms with Gasteiger partial charge in [-0.05, 0) is 58.1 Å². The molecule has 0 atom stereocenters. The van der Waals surface area contributed by atoms with E-state index in [4.69, 9.17) is 11.5 Å². The number of fused-ring (bicyclic) bond motifs is 3. The van der Waals surface area contributed by atoms with E-state index in [1.54, 1.807) is 6.07 Å². The van der Waals surface area contributed by atoms with Crippen molar-refractivity contribution in [2.45, 2.75) is 31.0 Å². The molecule has 0 aliphatic carbocycles. The van der Waals surface area contributed by atoms with Crippen LogP contribution in [-0.2, 0) is 57.1 Å². The standard InChI is InChI=1S/C31H24N6O16S5/c32-13-16-9-17(54(39,40)41)12-20-18(16)6-8-22(31(20)58(51,52)53)34-36-27-23(55(42,43)44)10-15-11-24(56(45,46)47)28(29(38)25(15)26(27)33)37-35-21-7-5-14-3-1-2-4-19(14)30(21)57(48,49)50/h1-12,38H,13,32-33H2,(H,39,40,41)(H,42,43,44)(H,45,46,47)(H,48,49,50)(H,51,52,53). The molecule has 0 amide bonds. The highest BCUT2D eigenvalue weighted by Crippen LogP contribution is 2.49. The van der Waals surface area contributed by atoms with Crippen LogP contribution < -0.4 is 11.5 Å². The normalized spacial score (nSPS) is 13.4. The van der Waals surface area contributed by atoms with E-state index in [2.05, 4.69) is 20.5 Å². The molecule has 0 aliphatic rings. The van der Waals surface area contributed by atoms with Crippen molar-refractivity contribution in [3.05, 3.63) is 78.4 Å². The first-order valence-corrected chi connectivity index (χ1v) is 22.6. The third-order valence-electron chi connectivity index (χ3n) is 8.40. The van der Waals surface area contributed by atoms with Gasteiger partial charge in [-0.25, -0.2) is 0 Å². The summed E-state index contributed by atoms with van der Waals surface area (Å²) in [5.74, 6) is -1.27. The van der Waals surface area contributed by atoms with Crippen molar-refractivity contribution in [1.29, 1.82) is 0 Å². The third kappa shape index (κ3) is 7.82. The van der Waals surface area contributed by atoms with Crippen LogP contribution in [0.4, 0.5) is 28.4 Å². The largest absolute Gasteiger partial charge is 0.505 e. The fourth-order valence-electron chi connectivity index (χ4n) is 6.01. The van der Waals surface area contributed by atoms with Crippen LogP contribution >= 0.6 is 0 Å². The monoisotopic (exact) mass is 896 g/mol. The summed E-state index contributed by atoms with van der Waals surface area (Å²) >= 11 is 0. The zero-order valence-corrected chi connectivity index (χ0v) is 32.5. The Kier molecular flexibility index (Phi) is 10.4. The number of benzene rings is 6. The molecule has 0 saturated carbocycles. The van der Waals surface area contributed by atoms with Crippen LogP contribution in [0.15, 0.2) is 118 Å². The first-order chi connectivity index (χ1) is 26.7. The van der Waals surface area contributed by atoms with Gasteiger partial charge in [-0.2, -0.15) is 42.1 Å². The molecular formula is C31H24N6O16S5. The second kappa shape index (κ2) is 14.4. The fraction of sp³-hybridized carbons (Fsp3) is 0.0323. The molecule has 0 saturated heterocycles. The molecule has 0 heterocycles. The number of nitrogens with zero attached hydrogens (tertiary/aromatic N) is 4. The van der Waals surface area contributed by atoms with Crippen LogP contribution in [0, 0.1) is 0 Å². The van der Waals surface area contributed by atoms with Crippen LogP contribution in [0.2, 0.25) is 0 Å². The van der Waals surface area contributed by atoms with Gasteiger partial charge in [-0.3, -0.25) is 22.8 Å². The minimum Gasteiger partial charge on any atom is -0.505 e. The Morgan fingerprint density at radius 2 is 1.03 bits per heavy atom. The number of hydrogen-bond acceptors (Lipinski definition) is 17. The van der Waals surface area contributed by atoms with Gasteiger partial charge in [0.25, 0.3) is 50.6 Å². The highest BCUT2D eigenvalue weighted by molar-refractivity contribution is 7.87. The lowest BCUT2D eigenvalue weighted by atomic mass is 10.0. The third-order valence-corrected chi connectivity index (χ3v) is 12.9. The maximum atomic E-state index is 12.7. The van der Waals surface area contributed by atoms with Crippen LogP contribution in [0.5, 0.6) is 5.75 Å². The molecule has 0 fully saturated rings. The molecule has 58 heavy (non-hydrogen) atoms. The molecular weight excluding hydrogens is 873 g/mol. The molecule has 0 unspecified atom stereocenters. The number of phenols is 1. The van der Waals surface area contributed by atoms with Crippen LogP contribution in [0.1, 0.15) is 5.56 Å². The summed E-state index contributed by atoms with van der Waals surface area (Å²) < 4.78 is 174. The van der Waals surface area contributed by atoms with Crippen LogP contribution in [0.3, 0.4) is 0 Å². The van der Waals surface area contributed by atoms with E-state index in [9.17, 15) is 70.0 Å². The molecule has 10 N–H and O–H groups in total. The van der Waals surface area contributed by atoms with Crippen molar-refractivity contribution in [2.75, 3.05) is 5.73 Å². The zero-order chi connectivity index (χ0) is 42.9. The van der Waals surface area contributed by atoms with Gasteiger partial charge in [-0.15, -0.1) is 20.5 Å². The van der Waals surface area contributed by atoms with Gasteiger partial charge in [0.2, 0.25) is 0 Å². The molecule has 0 radical (unpaired) electrons. The Bertz CT molecular complexity index is 3430. The van der Waals surface area contributed by atoms with Gasteiger partial charge in [-0.1, -0.05) is 36.4 Å². The highest BCUT2D eigenvalue weighted by Gasteiger charge is 2.29. The Balaban J connectivity index is 1.65. The minimum absolute atomic E-state index is 0.0199. The summed E-state index contributed by atoms with van der Waals surface area (Å²) in [6, 6.07) is 13.0. The SMILES string of the molecule is NCc1cc(S(=O)(=O)O)cc2c(S(=O)(=O)O)c(N=Nc3c(S(=O)(=O)O)cc4cc(S(=O)(=O)O)c(N=Nc5ccc6ccccc6c5S(=O)(=O)O)c(O)c4c3N)ccc12. The molecule has 0 bridgehead atoms. The number of nitrogens with two attached hydrogens (primary N) is 2. The van der Waals surface area contributed by atoms with Gasteiger partial charge < -0.3 is 16.6 Å². The summed E-state index contributed by atoms with van der Waals surface area (Å²) in [6.45, 7) is -0.398. The second-order valence-electron chi connectivity index (χ2n) is 12.0. The second-order valence-corrected chi connectivity index (χ2v) is 18.9. The average molecular weight is 897 g/mol. The van der Waals surface area contributed by atoms with Crippen molar-refractivity contribution < 1.29 is 70.0 Å². The van der Waals surface area contributed by atoms with Crippen molar-refractivity contribution in [2.24, 2.45) is 26.2 Å². The lowest BCUT2D eigenvalue weighted by molar-refractivity contribution is 0.472. The summed E-state index contributed by atoms with van der Waals surface area (Å²) in [7, 11) is -26.3. The predicted molar refractivity (Wildman–Crippen MR) is 203 cm³/mol. The quantitative estimate of drug-likeness (QED) is 0.0511. The number of rotatable bonds is 10. The maximum absolute atomic E-state index is 12.7. The lowest BCUT2D eigenvalue weighted by Crippen LogP contribution is -2.06. The van der Waals surface area contributed by atoms with Gasteiger partial charge in [0.1, 0.15) is 42.3 Å². The van der Waals surface area contributed by atoms with E-state index in [0.717, 1.165) is 24.3 Å². The molecule has 0 spiro atoms. The van der Waals surface area contributed by atoms with E-state index in [1.807, 2.05) is 0 Å². The summed E-state index contributed by atoms with van der Waals surface area (Å²) in [4.78, 5) is -5.23. The van der Waals surface area contributed by atoms with Crippen molar-refractivity contribution in [1.82, 2.24) is 0 Å². The topological polar surface area (TPSA) is 394 Å². The Hall–Kier alpha value is -5.59. The maximum Gasteiger partial charge on any atom is 0.297 e. The number of aromatic hydroxyl groups is 1. The highest BCUT2D eigenvalue weighted by atomic mass is 32.2. The molecule has 22 nitrogen and oxygen atoms in total. The van der Waals surface area contributed by atoms with Gasteiger partial charge in [0.05, 0.1) is 16.0 Å². The molecule has 304 valence electrons. The van der Waals surface area contributed by atoms with E-state index < -0.39 is 132 Å². The first-order valence-electron chi connectivity index (χ1n) is 15.4. The summed E-state index contributed by atoms with van der Waals surface area (Å²) in [5, 5.41) is 24.4. The molecule has 0 aliphatic heterocycles. The summed E-state index contributed by atoms with van der Waals surface area (Å²) in [6.07, 6.45) is 0. The average Bonchev–Trinajstić information content (AvgIpc) is 3.10. The van der Waals surface area contributed by atoms with Crippen molar-refractivity contribution >= 4 is 111 Å². The van der Waals surface area contributed by atoms with Crippen molar-refractivity contribution in [3.63, 3.8) is 0 Å². The van der Waals surface area contributed by atoms with E-state index in [-0.39, 0.29) is 16.3 Å². The van der Waals surface area contributed by atoms with E-state index in [1.165, 1.54) is 24.3 Å². The van der Waals surface area contributed by atoms with E-state index >= 15 is 0 Å². The lowest BCUT2D eigenvalue weighted by Gasteiger charge is -2.14. The van der Waals surface area contributed by atoms with Gasteiger partial charge >= 0.3 is 0 Å². The molecule has 6 aromatic carbocycles. The molecule has 6 rings (SSSR count). The minimum atomic E-state index is -5.44. The van der Waals surface area contributed by atoms with Gasteiger partial charge in [0, 0.05) is 17.3 Å². The number of anilines is 1. The predicted octanol–water partition coefficient (Wildman–Crippen LogP) is 4.96. The zero-order valence-electron chi connectivity index (χ0n) is 28.4. The number of azo groups is 2. The van der Waals surface area contributed by atoms with E-state index in [0.29, 0.717) is 23.6 Å². The summed E-state index contributed by atoms with van der Waals surface area (Å²) in [5.41, 5.74) is 7.40. The Labute approximate surface area is 326 Å².